The fourth-order valence-electron chi connectivity index (χ4n) is 3.03. The van der Waals surface area contributed by atoms with Crippen LogP contribution < -0.4 is 4.90 Å². The van der Waals surface area contributed by atoms with E-state index >= 15 is 0 Å². The summed E-state index contributed by atoms with van der Waals surface area (Å²) in [6, 6.07) is 0. The van der Waals surface area contributed by atoms with Gasteiger partial charge < -0.3 is 14.7 Å². The molecule has 0 aromatic carbocycles. The molecule has 2 heterocycles. The number of aromatic nitrogens is 2. The zero-order valence-corrected chi connectivity index (χ0v) is 14.3. The summed E-state index contributed by atoms with van der Waals surface area (Å²) in [6.45, 7) is 7.06. The fourth-order valence-corrected chi connectivity index (χ4v) is 3.03. The second-order valence-electron chi connectivity index (χ2n) is 7.09. The number of likely N-dealkylation sites (tertiary alicyclic amines) is 1. The lowest BCUT2D eigenvalue weighted by atomic mass is 9.70. The minimum atomic E-state index is -0.760. The Morgan fingerprint density at radius 3 is 2.45 bits per heavy atom. The molecule has 1 aromatic heterocycles. The van der Waals surface area contributed by atoms with E-state index in [2.05, 4.69) is 28.7 Å². The van der Waals surface area contributed by atoms with Crippen LogP contribution in [-0.2, 0) is 11.3 Å². The van der Waals surface area contributed by atoms with Crippen molar-refractivity contribution < 1.29 is 9.84 Å². The van der Waals surface area contributed by atoms with Crippen molar-refractivity contribution in [2.24, 2.45) is 5.41 Å². The number of hydrogen-bond donors (Lipinski definition) is 1. The Morgan fingerprint density at radius 2 is 1.95 bits per heavy atom. The molecular formula is C16H28N4O2. The summed E-state index contributed by atoms with van der Waals surface area (Å²) in [5.41, 5.74) is 0.119. The van der Waals surface area contributed by atoms with Gasteiger partial charge in [0.05, 0.1) is 12.2 Å². The van der Waals surface area contributed by atoms with E-state index < -0.39 is 5.60 Å². The highest BCUT2D eigenvalue weighted by Crippen LogP contribution is 2.39. The Balaban J connectivity index is 2.01. The molecule has 0 saturated carbocycles. The van der Waals surface area contributed by atoms with Crippen LogP contribution in [0.2, 0.25) is 0 Å². The number of piperidine rings is 1. The smallest absolute Gasteiger partial charge is 0.224 e. The Bertz CT molecular complexity index is 489. The average Bonchev–Trinajstić information content (AvgIpc) is 2.44. The zero-order chi connectivity index (χ0) is 16.4. The highest BCUT2D eigenvalue weighted by Gasteiger charge is 2.47. The van der Waals surface area contributed by atoms with Gasteiger partial charge in [0, 0.05) is 64.2 Å². The average molecular weight is 308 g/mol. The SMILES string of the molecule is COC[C@]1(O)CCN(Cc2cnc(N(C)C)nc2)CC1(C)C. The van der Waals surface area contributed by atoms with Crippen molar-refractivity contribution in [3.63, 3.8) is 0 Å². The quantitative estimate of drug-likeness (QED) is 0.880. The molecule has 0 radical (unpaired) electrons. The number of nitrogens with zero attached hydrogens (tertiary/aromatic N) is 4. The lowest BCUT2D eigenvalue weighted by Gasteiger charge is -2.50. The molecule has 1 aliphatic rings. The van der Waals surface area contributed by atoms with Crippen molar-refractivity contribution in [2.45, 2.75) is 32.4 Å². The van der Waals surface area contributed by atoms with E-state index in [0.717, 1.165) is 31.1 Å². The molecule has 1 aromatic rings. The summed E-state index contributed by atoms with van der Waals surface area (Å²) in [4.78, 5) is 12.9. The molecule has 1 aliphatic heterocycles. The van der Waals surface area contributed by atoms with Crippen molar-refractivity contribution >= 4 is 5.95 Å². The standard InChI is InChI=1S/C16H28N4O2/c1-15(2)11-20(7-6-16(15,21)12-22-5)10-13-8-17-14(18-9-13)19(3)4/h8-9,21H,6-7,10-12H2,1-5H3/t16-/m1/s1. The van der Waals surface area contributed by atoms with Gasteiger partial charge in [-0.3, -0.25) is 4.90 Å². The van der Waals surface area contributed by atoms with E-state index in [9.17, 15) is 5.11 Å². The molecule has 1 N–H and O–H groups in total. The predicted octanol–water partition coefficient (Wildman–Crippen LogP) is 1.15. The van der Waals surface area contributed by atoms with Gasteiger partial charge in [0.2, 0.25) is 5.95 Å². The summed E-state index contributed by atoms with van der Waals surface area (Å²) >= 11 is 0. The van der Waals surface area contributed by atoms with E-state index in [4.69, 9.17) is 4.74 Å². The molecular weight excluding hydrogens is 280 g/mol. The Morgan fingerprint density at radius 1 is 1.32 bits per heavy atom. The van der Waals surface area contributed by atoms with Crippen LogP contribution in [0.3, 0.4) is 0 Å². The third-order valence-corrected chi connectivity index (χ3v) is 4.60. The predicted molar refractivity (Wildman–Crippen MR) is 86.9 cm³/mol. The Hall–Kier alpha value is -1.24. The third kappa shape index (κ3) is 3.56. The van der Waals surface area contributed by atoms with Crippen LogP contribution in [0, 0.1) is 5.41 Å². The van der Waals surface area contributed by atoms with Crippen LogP contribution >= 0.6 is 0 Å². The maximum atomic E-state index is 10.8. The molecule has 6 nitrogen and oxygen atoms in total. The maximum absolute atomic E-state index is 10.8. The van der Waals surface area contributed by atoms with Gasteiger partial charge in [-0.15, -0.1) is 0 Å². The lowest BCUT2D eigenvalue weighted by molar-refractivity contribution is -0.151. The van der Waals surface area contributed by atoms with Crippen molar-refractivity contribution in [3.8, 4) is 0 Å². The fraction of sp³-hybridized carbons (Fsp3) is 0.750. The first-order valence-corrected chi connectivity index (χ1v) is 7.69. The first kappa shape index (κ1) is 17.1. The number of rotatable bonds is 5. The molecule has 1 fully saturated rings. The molecule has 1 saturated heterocycles. The molecule has 0 amide bonds. The van der Waals surface area contributed by atoms with Gasteiger partial charge in [0.1, 0.15) is 0 Å². The summed E-state index contributed by atoms with van der Waals surface area (Å²) in [5.74, 6) is 0.720. The van der Waals surface area contributed by atoms with Crippen LogP contribution in [0.25, 0.3) is 0 Å². The number of methoxy groups -OCH3 is 1. The van der Waals surface area contributed by atoms with Gasteiger partial charge in [-0.05, 0) is 6.42 Å². The van der Waals surface area contributed by atoms with Crippen LogP contribution in [0.15, 0.2) is 12.4 Å². The minimum absolute atomic E-state index is 0.217. The molecule has 0 unspecified atom stereocenters. The number of ether oxygens (including phenoxy) is 1. The summed E-state index contributed by atoms with van der Waals surface area (Å²) < 4.78 is 5.22. The van der Waals surface area contributed by atoms with Crippen molar-refractivity contribution in [3.05, 3.63) is 18.0 Å². The second kappa shape index (κ2) is 6.48. The summed E-state index contributed by atoms with van der Waals surface area (Å²) in [7, 11) is 5.50. The van der Waals surface area contributed by atoms with Gasteiger partial charge in [0.15, 0.2) is 0 Å². The highest BCUT2D eigenvalue weighted by atomic mass is 16.5. The molecule has 1 atom stereocenters. The van der Waals surface area contributed by atoms with Crippen molar-refractivity contribution in [2.75, 3.05) is 45.8 Å². The van der Waals surface area contributed by atoms with E-state index in [-0.39, 0.29) is 5.41 Å². The molecule has 6 heteroatoms. The van der Waals surface area contributed by atoms with Crippen LogP contribution in [0.1, 0.15) is 25.8 Å². The first-order chi connectivity index (χ1) is 10.3. The molecule has 22 heavy (non-hydrogen) atoms. The van der Waals surface area contributed by atoms with E-state index in [0.29, 0.717) is 13.0 Å². The summed E-state index contributed by atoms with van der Waals surface area (Å²) in [6.07, 6.45) is 4.47. The third-order valence-electron chi connectivity index (χ3n) is 4.60. The first-order valence-electron chi connectivity index (χ1n) is 7.69. The van der Waals surface area contributed by atoms with E-state index in [1.807, 2.05) is 31.4 Å². The number of aliphatic hydroxyl groups is 1. The largest absolute Gasteiger partial charge is 0.387 e. The van der Waals surface area contributed by atoms with Crippen LogP contribution in [0.4, 0.5) is 5.95 Å². The van der Waals surface area contributed by atoms with Crippen LogP contribution in [-0.4, -0.2) is 66.5 Å². The minimum Gasteiger partial charge on any atom is -0.387 e. The molecule has 124 valence electrons. The number of anilines is 1. The molecule has 0 bridgehead atoms. The normalized spacial score (nSPS) is 25.2. The molecule has 0 spiro atoms. The van der Waals surface area contributed by atoms with E-state index in [1.165, 1.54) is 0 Å². The van der Waals surface area contributed by atoms with Gasteiger partial charge in [0.25, 0.3) is 0 Å². The van der Waals surface area contributed by atoms with Gasteiger partial charge in [-0.2, -0.15) is 0 Å². The van der Waals surface area contributed by atoms with Gasteiger partial charge in [-0.25, -0.2) is 9.97 Å². The van der Waals surface area contributed by atoms with Gasteiger partial charge >= 0.3 is 0 Å². The summed E-state index contributed by atoms with van der Waals surface area (Å²) in [5, 5.41) is 10.8. The molecule has 0 aliphatic carbocycles. The second-order valence-corrected chi connectivity index (χ2v) is 7.09. The molecule has 2 rings (SSSR count). The Labute approximate surface area is 133 Å². The van der Waals surface area contributed by atoms with Crippen molar-refractivity contribution in [1.82, 2.24) is 14.9 Å². The lowest BCUT2D eigenvalue weighted by Crippen LogP contribution is -2.59. The topological polar surface area (TPSA) is 61.7 Å². The highest BCUT2D eigenvalue weighted by molar-refractivity contribution is 5.26. The maximum Gasteiger partial charge on any atom is 0.224 e. The van der Waals surface area contributed by atoms with Crippen molar-refractivity contribution in [1.29, 1.82) is 0 Å². The van der Waals surface area contributed by atoms with Crippen LogP contribution in [0.5, 0.6) is 0 Å². The number of hydrogen-bond acceptors (Lipinski definition) is 6. The monoisotopic (exact) mass is 308 g/mol. The Kier molecular flexibility index (Phi) is 5.04. The van der Waals surface area contributed by atoms with Gasteiger partial charge in [-0.1, -0.05) is 13.8 Å². The zero-order valence-electron chi connectivity index (χ0n) is 14.3. The van der Waals surface area contributed by atoms with E-state index in [1.54, 1.807) is 7.11 Å².